The number of hydrogen-bond donors (Lipinski definition) is 2. The highest BCUT2D eigenvalue weighted by molar-refractivity contribution is 9.10. The molecule has 0 saturated carbocycles. The second-order valence-electron chi connectivity index (χ2n) is 7.33. The molecule has 1 aromatic carbocycles. The first-order chi connectivity index (χ1) is 13.0. The summed E-state index contributed by atoms with van der Waals surface area (Å²) in [6.45, 7) is 6.96. The topological polar surface area (TPSA) is 70.2 Å². The van der Waals surface area contributed by atoms with Crippen LogP contribution in [0.3, 0.4) is 0 Å². The molecular weight excluding hydrogens is 408 g/mol. The van der Waals surface area contributed by atoms with Crippen molar-refractivity contribution in [3.8, 4) is 5.75 Å². The number of methoxy groups -OCH3 is 1. The maximum Gasteiger partial charge on any atom is 0.273 e. The number of carbonyl (C=O) groups is 1. The summed E-state index contributed by atoms with van der Waals surface area (Å²) in [5.41, 5.74) is 2.64. The van der Waals surface area contributed by atoms with E-state index < -0.39 is 0 Å². The average Bonchev–Trinajstić information content (AvgIpc) is 3.05. The molecule has 0 radical (unpaired) electrons. The van der Waals surface area contributed by atoms with Crippen LogP contribution in [0.15, 0.2) is 28.7 Å². The number of nitrogens with zero attached hydrogens (tertiary/aromatic N) is 2. The van der Waals surface area contributed by atoms with Crippen LogP contribution in [0.5, 0.6) is 5.75 Å². The van der Waals surface area contributed by atoms with Gasteiger partial charge in [-0.2, -0.15) is 5.10 Å². The molecule has 1 fully saturated rings. The molecule has 146 valence electrons. The third-order valence-electron chi connectivity index (χ3n) is 4.99. The van der Waals surface area contributed by atoms with Crippen molar-refractivity contribution in [1.29, 1.82) is 0 Å². The fraction of sp³-hybridized carbons (Fsp3) is 0.500. The van der Waals surface area contributed by atoms with Gasteiger partial charge in [-0.05, 0) is 52.4 Å². The molecule has 0 atom stereocenters. The molecule has 6 nitrogen and oxygen atoms in total. The number of nitrogens with one attached hydrogen (secondary N) is 2. The molecule has 2 heterocycles. The molecule has 0 spiro atoms. The summed E-state index contributed by atoms with van der Waals surface area (Å²) in [4.78, 5) is 15.0. The molecule has 2 N–H and O–H groups in total. The van der Waals surface area contributed by atoms with Gasteiger partial charge in [0.05, 0.1) is 17.3 Å². The van der Waals surface area contributed by atoms with Gasteiger partial charge in [-0.3, -0.25) is 14.8 Å². The van der Waals surface area contributed by atoms with Crippen LogP contribution in [0.1, 0.15) is 54.4 Å². The summed E-state index contributed by atoms with van der Waals surface area (Å²) in [6, 6.07) is 8.37. The number of amides is 1. The Labute approximate surface area is 168 Å². The Morgan fingerprint density at radius 3 is 2.78 bits per heavy atom. The highest BCUT2D eigenvalue weighted by atomic mass is 79.9. The van der Waals surface area contributed by atoms with Gasteiger partial charge in [0.15, 0.2) is 5.69 Å². The number of halogens is 1. The Kier molecular flexibility index (Phi) is 6.55. The second kappa shape index (κ2) is 8.89. The van der Waals surface area contributed by atoms with Gasteiger partial charge in [-0.25, -0.2) is 0 Å². The third-order valence-corrected chi connectivity index (χ3v) is 5.79. The number of benzene rings is 1. The zero-order valence-electron chi connectivity index (χ0n) is 16.1. The minimum atomic E-state index is -0.115. The predicted molar refractivity (Wildman–Crippen MR) is 109 cm³/mol. The number of piperidine rings is 1. The van der Waals surface area contributed by atoms with E-state index in [1.54, 1.807) is 7.11 Å². The maximum atomic E-state index is 12.6. The Hall–Kier alpha value is -1.86. The van der Waals surface area contributed by atoms with E-state index in [0.717, 1.165) is 48.4 Å². The SMILES string of the molecule is COc1cccc(CN2CCC(NC(=O)c3n[nH]c(C(C)C)c3Br)CC2)c1. The van der Waals surface area contributed by atoms with Crippen molar-refractivity contribution < 1.29 is 9.53 Å². The van der Waals surface area contributed by atoms with E-state index in [-0.39, 0.29) is 17.9 Å². The molecule has 1 amide bonds. The van der Waals surface area contributed by atoms with Crippen molar-refractivity contribution in [3.63, 3.8) is 0 Å². The fourth-order valence-corrected chi connectivity index (χ4v) is 4.21. The summed E-state index contributed by atoms with van der Waals surface area (Å²) in [5.74, 6) is 1.06. The second-order valence-corrected chi connectivity index (χ2v) is 8.12. The monoisotopic (exact) mass is 434 g/mol. The minimum absolute atomic E-state index is 0.115. The largest absolute Gasteiger partial charge is 0.497 e. The van der Waals surface area contributed by atoms with Crippen molar-refractivity contribution >= 4 is 21.8 Å². The number of carbonyl (C=O) groups excluding carboxylic acids is 1. The van der Waals surface area contributed by atoms with Gasteiger partial charge < -0.3 is 10.1 Å². The van der Waals surface area contributed by atoms with Crippen molar-refractivity contribution in [2.75, 3.05) is 20.2 Å². The van der Waals surface area contributed by atoms with Gasteiger partial charge in [-0.15, -0.1) is 0 Å². The lowest BCUT2D eigenvalue weighted by molar-refractivity contribution is 0.0903. The molecule has 1 aliphatic rings. The van der Waals surface area contributed by atoms with Crippen LogP contribution in [0, 0.1) is 0 Å². The average molecular weight is 435 g/mol. The van der Waals surface area contributed by atoms with E-state index >= 15 is 0 Å². The first-order valence-electron chi connectivity index (χ1n) is 9.37. The molecule has 2 aromatic rings. The van der Waals surface area contributed by atoms with Crippen LogP contribution in [0.4, 0.5) is 0 Å². The van der Waals surface area contributed by atoms with E-state index in [4.69, 9.17) is 4.74 Å². The predicted octanol–water partition coefficient (Wildman–Crippen LogP) is 3.70. The zero-order chi connectivity index (χ0) is 19.4. The Bertz CT molecular complexity index is 782. The maximum absolute atomic E-state index is 12.6. The van der Waals surface area contributed by atoms with Crippen molar-refractivity contribution in [3.05, 3.63) is 45.7 Å². The van der Waals surface area contributed by atoms with Gasteiger partial charge in [-0.1, -0.05) is 26.0 Å². The van der Waals surface area contributed by atoms with Gasteiger partial charge in [0.2, 0.25) is 0 Å². The molecule has 1 saturated heterocycles. The molecule has 0 aliphatic carbocycles. The third kappa shape index (κ3) is 4.90. The quantitative estimate of drug-likeness (QED) is 0.726. The summed E-state index contributed by atoms with van der Waals surface area (Å²) in [5, 5.41) is 10.3. The molecule has 1 aliphatic heterocycles. The first kappa shape index (κ1) is 19.9. The van der Waals surface area contributed by atoms with Crippen LogP contribution in [-0.4, -0.2) is 47.2 Å². The van der Waals surface area contributed by atoms with Gasteiger partial charge in [0.1, 0.15) is 5.75 Å². The molecule has 0 unspecified atom stereocenters. The van der Waals surface area contributed by atoms with Gasteiger partial charge in [0, 0.05) is 25.7 Å². The van der Waals surface area contributed by atoms with Crippen LogP contribution < -0.4 is 10.1 Å². The smallest absolute Gasteiger partial charge is 0.273 e. The number of H-pyrrole nitrogens is 1. The highest BCUT2D eigenvalue weighted by Crippen LogP contribution is 2.26. The summed E-state index contributed by atoms with van der Waals surface area (Å²) < 4.78 is 6.06. The van der Waals surface area contributed by atoms with Crippen LogP contribution in [0.2, 0.25) is 0 Å². The lowest BCUT2D eigenvalue weighted by atomic mass is 10.0. The van der Waals surface area contributed by atoms with Crippen LogP contribution in [0.25, 0.3) is 0 Å². The summed E-state index contributed by atoms with van der Waals surface area (Å²) >= 11 is 3.50. The van der Waals surface area contributed by atoms with Crippen molar-refractivity contribution in [1.82, 2.24) is 20.4 Å². The lowest BCUT2D eigenvalue weighted by Crippen LogP contribution is -2.44. The normalized spacial score (nSPS) is 15.9. The van der Waals surface area contributed by atoms with Crippen molar-refractivity contribution in [2.24, 2.45) is 0 Å². The fourth-order valence-electron chi connectivity index (χ4n) is 3.39. The van der Waals surface area contributed by atoms with E-state index in [1.807, 2.05) is 12.1 Å². The molecule has 27 heavy (non-hydrogen) atoms. The number of ether oxygens (including phenoxy) is 1. The van der Waals surface area contributed by atoms with E-state index in [1.165, 1.54) is 5.56 Å². The van der Waals surface area contributed by atoms with Crippen molar-refractivity contribution in [2.45, 2.75) is 45.2 Å². The summed E-state index contributed by atoms with van der Waals surface area (Å²) in [6.07, 6.45) is 1.88. The molecule has 1 aromatic heterocycles. The lowest BCUT2D eigenvalue weighted by Gasteiger charge is -2.32. The zero-order valence-corrected chi connectivity index (χ0v) is 17.7. The Balaban J connectivity index is 1.51. The van der Waals surface area contributed by atoms with E-state index in [0.29, 0.717) is 5.69 Å². The number of aromatic amines is 1. The van der Waals surface area contributed by atoms with E-state index in [9.17, 15) is 4.79 Å². The van der Waals surface area contributed by atoms with Crippen LogP contribution in [-0.2, 0) is 6.54 Å². The number of hydrogen-bond acceptors (Lipinski definition) is 4. The van der Waals surface area contributed by atoms with Gasteiger partial charge >= 0.3 is 0 Å². The number of rotatable bonds is 6. The highest BCUT2D eigenvalue weighted by Gasteiger charge is 2.24. The number of likely N-dealkylation sites (tertiary alicyclic amines) is 1. The standard InChI is InChI=1S/C20H27BrN4O2/c1-13(2)18-17(21)19(24-23-18)20(26)22-15-7-9-25(10-8-15)12-14-5-4-6-16(11-14)27-3/h4-6,11,13,15H,7-10,12H2,1-3H3,(H,22,26)(H,23,24). The number of aromatic nitrogens is 2. The van der Waals surface area contributed by atoms with Gasteiger partial charge in [0.25, 0.3) is 5.91 Å². The molecule has 3 rings (SSSR count). The molecule has 0 bridgehead atoms. The Morgan fingerprint density at radius 1 is 1.41 bits per heavy atom. The first-order valence-corrected chi connectivity index (χ1v) is 10.2. The minimum Gasteiger partial charge on any atom is -0.497 e. The molecular formula is C20H27BrN4O2. The van der Waals surface area contributed by atoms with E-state index in [2.05, 4.69) is 62.3 Å². The molecule has 7 heteroatoms. The van der Waals surface area contributed by atoms with Crippen LogP contribution >= 0.6 is 15.9 Å². The Morgan fingerprint density at radius 2 is 2.15 bits per heavy atom. The summed E-state index contributed by atoms with van der Waals surface area (Å²) in [7, 11) is 1.69.